The molecule has 3 fully saturated rings. The molecular formula is C33H50O9. The first-order valence-electron chi connectivity index (χ1n) is 16.0. The molecule has 2 heterocycles. The quantitative estimate of drug-likeness (QED) is 0.166. The highest BCUT2D eigenvalue weighted by atomic mass is 16.7. The summed E-state index contributed by atoms with van der Waals surface area (Å²) in [5.74, 6) is -0.0928. The van der Waals surface area contributed by atoms with Crippen molar-refractivity contribution in [3.05, 3.63) is 42.5 Å². The fourth-order valence-corrected chi connectivity index (χ4v) is 5.88. The second-order valence-corrected chi connectivity index (χ2v) is 11.6. The lowest BCUT2D eigenvalue weighted by atomic mass is 9.98. The topological polar surface area (TPSA) is 113 Å². The monoisotopic (exact) mass is 590 g/mol. The number of rotatable bonds is 18. The molecule has 1 aromatic carbocycles. The Morgan fingerprint density at radius 3 is 2.43 bits per heavy atom. The minimum absolute atomic E-state index is 0.122. The van der Waals surface area contributed by atoms with Crippen LogP contribution in [-0.4, -0.2) is 79.6 Å². The highest BCUT2D eigenvalue weighted by Crippen LogP contribution is 2.36. The summed E-state index contributed by atoms with van der Waals surface area (Å²) in [6.45, 7) is 2.00. The van der Waals surface area contributed by atoms with Crippen molar-refractivity contribution < 1.29 is 43.4 Å². The van der Waals surface area contributed by atoms with E-state index in [-0.39, 0.29) is 43.2 Å². The van der Waals surface area contributed by atoms with Gasteiger partial charge in [0.05, 0.1) is 24.9 Å². The summed E-state index contributed by atoms with van der Waals surface area (Å²) in [5.41, 5.74) is 0. The third-order valence-corrected chi connectivity index (χ3v) is 8.19. The van der Waals surface area contributed by atoms with Gasteiger partial charge in [-0.15, -0.1) is 0 Å². The molecule has 1 aromatic rings. The van der Waals surface area contributed by atoms with Crippen LogP contribution in [0.2, 0.25) is 0 Å². The molecule has 4 rings (SSSR count). The molecule has 0 bridgehead atoms. The summed E-state index contributed by atoms with van der Waals surface area (Å²) in [7, 11) is 0. The lowest BCUT2D eigenvalue weighted by molar-refractivity contribution is -0.226. The van der Waals surface area contributed by atoms with Crippen molar-refractivity contribution in [2.75, 3.05) is 26.4 Å². The van der Waals surface area contributed by atoms with Gasteiger partial charge in [-0.25, -0.2) is 0 Å². The molecule has 2 saturated heterocycles. The Bertz CT molecular complexity index is 898. The first kappa shape index (κ1) is 32.9. The van der Waals surface area contributed by atoms with E-state index in [1.54, 1.807) is 0 Å². The van der Waals surface area contributed by atoms with Crippen molar-refractivity contribution in [3.63, 3.8) is 0 Å². The zero-order chi connectivity index (χ0) is 29.4. The highest BCUT2D eigenvalue weighted by molar-refractivity contribution is 5.66. The third kappa shape index (κ3) is 11.6. The van der Waals surface area contributed by atoms with Gasteiger partial charge in [0, 0.05) is 32.0 Å². The number of aliphatic hydroxyl groups is 1. The van der Waals surface area contributed by atoms with Gasteiger partial charge in [0.2, 0.25) is 0 Å². The Balaban J connectivity index is 1.36. The smallest absolute Gasteiger partial charge is 0.303 e. The van der Waals surface area contributed by atoms with Gasteiger partial charge in [-0.1, -0.05) is 36.8 Å². The summed E-state index contributed by atoms with van der Waals surface area (Å²) in [4.78, 5) is 10.7. The number of hydrogen-bond donors (Lipinski definition) is 2. The van der Waals surface area contributed by atoms with E-state index in [1.165, 1.54) is 0 Å². The number of allylic oxidation sites excluding steroid dienone is 2. The molecule has 7 atom stereocenters. The molecule has 0 radical (unpaired) electrons. The minimum Gasteiger partial charge on any atom is -0.491 e. The number of hydrogen-bond acceptors (Lipinski definition) is 8. The molecule has 9 heteroatoms. The van der Waals surface area contributed by atoms with E-state index in [4.69, 9.17) is 33.5 Å². The fraction of sp³-hybridized carbons (Fsp3) is 0.727. The first-order chi connectivity index (χ1) is 20.6. The van der Waals surface area contributed by atoms with Gasteiger partial charge in [-0.3, -0.25) is 4.79 Å². The van der Waals surface area contributed by atoms with Crippen LogP contribution in [0.5, 0.6) is 5.75 Å². The Kier molecular flexibility index (Phi) is 14.6. The normalized spacial score (nSPS) is 29.1. The zero-order valence-electron chi connectivity index (χ0n) is 24.9. The largest absolute Gasteiger partial charge is 0.491 e. The van der Waals surface area contributed by atoms with E-state index in [2.05, 4.69) is 12.2 Å². The Morgan fingerprint density at radius 1 is 0.952 bits per heavy atom. The minimum atomic E-state index is -0.743. The number of para-hydroxylation sites is 1. The van der Waals surface area contributed by atoms with E-state index in [0.29, 0.717) is 45.7 Å². The van der Waals surface area contributed by atoms with Crippen LogP contribution in [0, 0.1) is 5.92 Å². The zero-order valence-corrected chi connectivity index (χ0v) is 24.9. The predicted molar refractivity (Wildman–Crippen MR) is 157 cm³/mol. The molecular weight excluding hydrogens is 540 g/mol. The van der Waals surface area contributed by atoms with Crippen molar-refractivity contribution in [2.45, 2.75) is 120 Å². The van der Waals surface area contributed by atoms with Crippen molar-refractivity contribution in [1.29, 1.82) is 0 Å². The van der Waals surface area contributed by atoms with Crippen molar-refractivity contribution >= 4 is 5.97 Å². The number of carboxylic acid groups (broad SMARTS) is 1. The van der Waals surface area contributed by atoms with Crippen LogP contribution in [0.25, 0.3) is 0 Å². The molecule has 9 nitrogen and oxygen atoms in total. The molecule has 0 spiro atoms. The number of aliphatic carboxylic acids is 1. The molecule has 1 aliphatic carbocycles. The maximum Gasteiger partial charge on any atom is 0.303 e. The van der Waals surface area contributed by atoms with E-state index in [9.17, 15) is 9.90 Å². The number of aliphatic hydroxyl groups excluding tert-OH is 1. The summed E-state index contributed by atoms with van der Waals surface area (Å²) >= 11 is 0. The number of benzene rings is 1. The summed E-state index contributed by atoms with van der Waals surface area (Å²) < 4.78 is 37.1. The van der Waals surface area contributed by atoms with Crippen LogP contribution < -0.4 is 4.74 Å². The number of carboxylic acids is 1. The predicted octanol–water partition coefficient (Wildman–Crippen LogP) is 5.64. The average molecular weight is 591 g/mol. The van der Waals surface area contributed by atoms with Gasteiger partial charge in [0.15, 0.2) is 12.6 Å². The SMILES string of the molecule is O=C(O)CCCCC/C=C/CC1C(O)CC(OC2CCCCO2)C1OCC(COc1ccccc1)OC1CCCCO1. The summed E-state index contributed by atoms with van der Waals surface area (Å²) in [5, 5.41) is 19.9. The molecule has 3 aliphatic rings. The number of carbonyl (C=O) groups is 1. The average Bonchev–Trinajstić information content (AvgIpc) is 3.30. The van der Waals surface area contributed by atoms with Gasteiger partial charge < -0.3 is 38.6 Å². The second kappa shape index (κ2) is 18.6. The van der Waals surface area contributed by atoms with Gasteiger partial charge in [-0.05, 0) is 76.3 Å². The number of unbranched alkanes of at least 4 members (excludes halogenated alkanes) is 3. The van der Waals surface area contributed by atoms with E-state index in [0.717, 1.165) is 63.5 Å². The Labute approximate surface area is 250 Å². The van der Waals surface area contributed by atoms with Crippen LogP contribution in [0.1, 0.15) is 83.5 Å². The van der Waals surface area contributed by atoms with Crippen LogP contribution in [0.3, 0.4) is 0 Å². The molecule has 2 aliphatic heterocycles. The van der Waals surface area contributed by atoms with Gasteiger partial charge in [-0.2, -0.15) is 0 Å². The van der Waals surface area contributed by atoms with Crippen LogP contribution in [0.15, 0.2) is 42.5 Å². The number of ether oxygens (including phenoxy) is 6. The Hall–Kier alpha value is -2.01. The van der Waals surface area contributed by atoms with Crippen LogP contribution in [0.4, 0.5) is 0 Å². The standard InChI is InChI=1S/C33H50O9/c34-28-22-29(42-32-19-11-13-21-38-32)33(27(28)16-8-3-1-2-4-9-17-30(35)36)40-24-26(41-31-18-10-12-20-37-31)23-39-25-14-6-5-7-15-25/h3,5-8,14-15,26-29,31-34H,1-2,4,9-13,16-24H2,(H,35,36)/b8-3+. The van der Waals surface area contributed by atoms with Crippen molar-refractivity contribution in [3.8, 4) is 5.75 Å². The fourth-order valence-electron chi connectivity index (χ4n) is 5.88. The van der Waals surface area contributed by atoms with E-state index < -0.39 is 12.1 Å². The molecule has 2 N–H and O–H groups in total. The molecule has 0 amide bonds. The molecule has 1 saturated carbocycles. The Morgan fingerprint density at radius 2 is 1.71 bits per heavy atom. The molecule has 42 heavy (non-hydrogen) atoms. The third-order valence-electron chi connectivity index (χ3n) is 8.19. The van der Waals surface area contributed by atoms with Gasteiger partial charge >= 0.3 is 5.97 Å². The molecule has 236 valence electrons. The van der Waals surface area contributed by atoms with E-state index >= 15 is 0 Å². The molecule has 7 unspecified atom stereocenters. The van der Waals surface area contributed by atoms with Crippen LogP contribution in [-0.2, 0) is 28.5 Å². The summed E-state index contributed by atoms with van der Waals surface area (Å²) in [6, 6.07) is 9.68. The lowest BCUT2D eigenvalue weighted by Gasteiger charge is -2.32. The summed E-state index contributed by atoms with van der Waals surface area (Å²) in [6.07, 6.45) is 12.9. The lowest BCUT2D eigenvalue weighted by Crippen LogP contribution is -2.40. The highest BCUT2D eigenvalue weighted by Gasteiger charge is 2.45. The maximum absolute atomic E-state index is 11.1. The second-order valence-electron chi connectivity index (χ2n) is 11.6. The van der Waals surface area contributed by atoms with E-state index in [1.807, 2.05) is 30.3 Å². The van der Waals surface area contributed by atoms with Crippen molar-refractivity contribution in [2.24, 2.45) is 5.92 Å². The van der Waals surface area contributed by atoms with Crippen molar-refractivity contribution in [1.82, 2.24) is 0 Å². The van der Waals surface area contributed by atoms with Gasteiger partial charge in [0.25, 0.3) is 0 Å². The van der Waals surface area contributed by atoms with Gasteiger partial charge in [0.1, 0.15) is 18.5 Å². The van der Waals surface area contributed by atoms with Crippen LogP contribution >= 0.6 is 0 Å². The maximum atomic E-state index is 11.1. The molecule has 0 aromatic heterocycles. The first-order valence-corrected chi connectivity index (χ1v) is 16.0.